The number of rotatable bonds is 12. The maximum absolute atomic E-state index is 13.7. The predicted octanol–water partition coefficient (Wildman–Crippen LogP) is 5.58. The van der Waals surface area contributed by atoms with E-state index in [1.54, 1.807) is 80.9 Å². The summed E-state index contributed by atoms with van der Waals surface area (Å²) in [5.41, 5.74) is 2.69. The van der Waals surface area contributed by atoms with Crippen molar-refractivity contribution in [3.63, 3.8) is 0 Å². The number of halogens is 1. The third kappa shape index (κ3) is 7.94. The number of amides is 2. The number of methoxy groups -OCH3 is 2. The van der Waals surface area contributed by atoms with E-state index in [2.05, 4.69) is 26.6 Å². The molecule has 4 rings (SSSR count). The number of para-hydroxylation sites is 1. The van der Waals surface area contributed by atoms with E-state index >= 15 is 0 Å². The van der Waals surface area contributed by atoms with Gasteiger partial charge in [-0.2, -0.15) is 0 Å². The fourth-order valence-electron chi connectivity index (χ4n) is 4.32. The van der Waals surface area contributed by atoms with Gasteiger partial charge < -0.3 is 20.1 Å². The van der Waals surface area contributed by atoms with Crippen molar-refractivity contribution in [2.75, 3.05) is 36.9 Å². The summed E-state index contributed by atoms with van der Waals surface area (Å²) in [6, 6.07) is 25.2. The molecule has 0 bridgehead atoms. The first-order chi connectivity index (χ1) is 20.6. The van der Waals surface area contributed by atoms with Crippen molar-refractivity contribution in [1.29, 1.82) is 0 Å². The van der Waals surface area contributed by atoms with Crippen molar-refractivity contribution in [1.82, 2.24) is 5.32 Å². The van der Waals surface area contributed by atoms with Crippen LogP contribution in [-0.4, -0.2) is 47.5 Å². The molecule has 0 aliphatic rings. The molecule has 0 saturated heterocycles. The maximum Gasteiger partial charge on any atom is 0.264 e. The van der Waals surface area contributed by atoms with E-state index in [-0.39, 0.29) is 22.1 Å². The molecule has 0 unspecified atom stereocenters. The quantitative estimate of drug-likeness (QED) is 0.204. The molecule has 0 aromatic heterocycles. The Morgan fingerprint density at radius 2 is 1.53 bits per heavy atom. The van der Waals surface area contributed by atoms with E-state index in [0.717, 1.165) is 19.9 Å². The Bertz CT molecular complexity index is 1690. The Labute approximate surface area is 260 Å². The van der Waals surface area contributed by atoms with Gasteiger partial charge in [0.15, 0.2) is 11.5 Å². The average molecular weight is 667 g/mol. The lowest BCUT2D eigenvalue weighted by molar-refractivity contribution is -0.114. The van der Waals surface area contributed by atoms with Crippen LogP contribution in [0.4, 0.5) is 11.4 Å². The molecule has 4 aromatic carbocycles. The van der Waals surface area contributed by atoms with E-state index < -0.39 is 22.5 Å². The van der Waals surface area contributed by atoms with Crippen LogP contribution < -0.4 is 24.4 Å². The summed E-state index contributed by atoms with van der Waals surface area (Å²) in [4.78, 5) is 26.5. The Hall–Kier alpha value is -4.35. The van der Waals surface area contributed by atoms with Crippen LogP contribution in [0.2, 0.25) is 0 Å². The van der Waals surface area contributed by atoms with Crippen molar-refractivity contribution in [3.8, 4) is 11.5 Å². The fourth-order valence-corrected chi connectivity index (χ4v) is 6.01. The zero-order chi connectivity index (χ0) is 31.0. The minimum Gasteiger partial charge on any atom is -0.493 e. The van der Waals surface area contributed by atoms with E-state index in [0.29, 0.717) is 30.2 Å². The van der Waals surface area contributed by atoms with Crippen LogP contribution in [0, 0.1) is 6.92 Å². The smallest absolute Gasteiger partial charge is 0.264 e. The molecule has 0 aliphatic heterocycles. The van der Waals surface area contributed by atoms with E-state index in [9.17, 15) is 18.0 Å². The second-order valence-electron chi connectivity index (χ2n) is 9.59. The number of nitrogens with one attached hydrogen (secondary N) is 2. The standard InChI is InChI=1S/C32H32BrN3O6S/c1-22-8-15-26(16-9-22)43(39,40)36(25-13-11-24(33)12-14-25)21-31(37)35-28-7-5-4-6-27(28)32(38)34-19-18-23-10-17-29(41-2)30(20-23)42-3/h4-17,20H,18-19,21H2,1-3H3,(H,34,38)(H,35,37). The first-order valence-electron chi connectivity index (χ1n) is 13.4. The molecule has 2 amide bonds. The highest BCUT2D eigenvalue weighted by Gasteiger charge is 2.27. The minimum absolute atomic E-state index is 0.0584. The maximum atomic E-state index is 13.7. The van der Waals surface area contributed by atoms with Gasteiger partial charge in [0.2, 0.25) is 5.91 Å². The topological polar surface area (TPSA) is 114 Å². The number of carbonyl (C=O) groups is 2. The summed E-state index contributed by atoms with van der Waals surface area (Å²) >= 11 is 3.36. The summed E-state index contributed by atoms with van der Waals surface area (Å²) in [6.07, 6.45) is 0.541. The van der Waals surface area contributed by atoms with Gasteiger partial charge >= 0.3 is 0 Å². The lowest BCUT2D eigenvalue weighted by Crippen LogP contribution is -2.38. The van der Waals surface area contributed by atoms with Crippen molar-refractivity contribution in [2.24, 2.45) is 0 Å². The van der Waals surface area contributed by atoms with Gasteiger partial charge in [-0.1, -0.05) is 51.8 Å². The van der Waals surface area contributed by atoms with Gasteiger partial charge in [0, 0.05) is 11.0 Å². The first kappa shape index (κ1) is 31.6. The van der Waals surface area contributed by atoms with Crippen molar-refractivity contribution >= 4 is 49.1 Å². The monoisotopic (exact) mass is 665 g/mol. The number of sulfonamides is 1. The van der Waals surface area contributed by atoms with Crippen LogP contribution in [0.1, 0.15) is 21.5 Å². The zero-order valence-corrected chi connectivity index (χ0v) is 26.4. The Morgan fingerprint density at radius 1 is 0.860 bits per heavy atom. The number of nitrogens with zero attached hydrogens (tertiary/aromatic N) is 1. The molecule has 0 saturated carbocycles. The number of ether oxygens (including phenoxy) is 2. The SMILES string of the molecule is COc1ccc(CCNC(=O)c2ccccc2NC(=O)CN(c2ccc(Br)cc2)S(=O)(=O)c2ccc(C)cc2)cc1OC. The van der Waals surface area contributed by atoms with Crippen molar-refractivity contribution in [3.05, 3.63) is 112 Å². The van der Waals surface area contributed by atoms with Crippen molar-refractivity contribution < 1.29 is 27.5 Å². The number of anilines is 2. The Kier molecular flexibility index (Phi) is 10.4. The Balaban J connectivity index is 1.48. The van der Waals surface area contributed by atoms with Gasteiger partial charge in [-0.15, -0.1) is 0 Å². The van der Waals surface area contributed by atoms with Gasteiger partial charge in [0.05, 0.1) is 36.1 Å². The molecule has 0 radical (unpaired) electrons. The second kappa shape index (κ2) is 14.2. The Morgan fingerprint density at radius 3 is 2.21 bits per heavy atom. The molecule has 9 nitrogen and oxygen atoms in total. The van der Waals surface area contributed by atoms with Gasteiger partial charge in [-0.3, -0.25) is 13.9 Å². The molecule has 224 valence electrons. The van der Waals surface area contributed by atoms with Gasteiger partial charge in [0.25, 0.3) is 15.9 Å². The highest BCUT2D eigenvalue weighted by molar-refractivity contribution is 9.10. The minimum atomic E-state index is -4.08. The lowest BCUT2D eigenvalue weighted by Gasteiger charge is -2.24. The summed E-state index contributed by atoms with van der Waals surface area (Å²) < 4.78 is 39.7. The van der Waals surface area contributed by atoms with Crippen LogP contribution in [0.3, 0.4) is 0 Å². The molecule has 0 spiro atoms. The normalized spacial score (nSPS) is 11.0. The van der Waals surface area contributed by atoms with Crippen LogP contribution in [0.25, 0.3) is 0 Å². The van der Waals surface area contributed by atoms with E-state index in [4.69, 9.17) is 9.47 Å². The number of benzene rings is 4. The number of carbonyl (C=O) groups excluding carboxylic acids is 2. The molecule has 11 heteroatoms. The van der Waals surface area contributed by atoms with Gasteiger partial charge in [-0.25, -0.2) is 8.42 Å². The largest absolute Gasteiger partial charge is 0.493 e. The molecule has 0 fully saturated rings. The van der Waals surface area contributed by atoms with E-state index in [1.807, 2.05) is 19.1 Å². The predicted molar refractivity (Wildman–Crippen MR) is 171 cm³/mol. The van der Waals surface area contributed by atoms with Crippen LogP contribution in [0.15, 0.2) is 100 Å². The molecular formula is C32H32BrN3O6S. The van der Waals surface area contributed by atoms with Crippen LogP contribution in [0.5, 0.6) is 11.5 Å². The molecule has 2 N–H and O–H groups in total. The number of hydrogen-bond donors (Lipinski definition) is 2. The summed E-state index contributed by atoms with van der Waals surface area (Å²) in [6.45, 7) is 1.69. The highest BCUT2D eigenvalue weighted by Crippen LogP contribution is 2.28. The first-order valence-corrected chi connectivity index (χ1v) is 15.6. The van der Waals surface area contributed by atoms with E-state index in [1.165, 1.54) is 12.1 Å². The third-order valence-corrected chi connectivity index (χ3v) is 8.92. The van der Waals surface area contributed by atoms with Crippen LogP contribution >= 0.6 is 15.9 Å². The fraction of sp³-hybridized carbons (Fsp3) is 0.188. The number of aryl methyl sites for hydroxylation is 1. The third-order valence-electron chi connectivity index (χ3n) is 6.60. The molecule has 0 aliphatic carbocycles. The number of hydrogen-bond acceptors (Lipinski definition) is 6. The lowest BCUT2D eigenvalue weighted by atomic mass is 10.1. The molecule has 0 heterocycles. The summed E-state index contributed by atoms with van der Waals surface area (Å²) in [5, 5.41) is 5.60. The van der Waals surface area contributed by atoms with Gasteiger partial charge in [-0.05, 0) is 79.6 Å². The molecule has 0 atom stereocenters. The van der Waals surface area contributed by atoms with Crippen LogP contribution in [-0.2, 0) is 21.2 Å². The molecule has 43 heavy (non-hydrogen) atoms. The molecular weight excluding hydrogens is 634 g/mol. The second-order valence-corrected chi connectivity index (χ2v) is 12.4. The van der Waals surface area contributed by atoms with Gasteiger partial charge in [0.1, 0.15) is 6.54 Å². The summed E-state index contributed by atoms with van der Waals surface area (Å²) in [5.74, 6) is 0.226. The van der Waals surface area contributed by atoms with Crippen molar-refractivity contribution in [2.45, 2.75) is 18.2 Å². The summed E-state index contributed by atoms with van der Waals surface area (Å²) in [7, 11) is -0.959. The zero-order valence-electron chi connectivity index (χ0n) is 24.0. The average Bonchev–Trinajstić information content (AvgIpc) is 3.00. The molecule has 4 aromatic rings. The highest BCUT2D eigenvalue weighted by atomic mass is 79.9.